The minimum absolute atomic E-state index is 0.0208. The van der Waals surface area contributed by atoms with Crippen molar-refractivity contribution in [1.29, 1.82) is 0 Å². The van der Waals surface area contributed by atoms with Crippen molar-refractivity contribution >= 4 is 34.6 Å². The largest absolute Gasteiger partial charge is 0.376 e. The van der Waals surface area contributed by atoms with E-state index in [0.29, 0.717) is 0 Å². The molecule has 1 aromatic carbocycles. The van der Waals surface area contributed by atoms with Crippen LogP contribution in [0.2, 0.25) is 0 Å². The van der Waals surface area contributed by atoms with Gasteiger partial charge in [-0.2, -0.15) is 0 Å². The number of hydrogen-bond acceptors (Lipinski definition) is 2. The Morgan fingerprint density at radius 1 is 1.12 bits per heavy atom. The second-order valence-corrected chi connectivity index (χ2v) is 5.21. The van der Waals surface area contributed by atoms with Gasteiger partial charge >= 0.3 is 0 Å². The van der Waals surface area contributed by atoms with Gasteiger partial charge in [-0.05, 0) is 36.5 Å². The molecule has 0 saturated carbocycles. The molecule has 0 aliphatic carbocycles. The van der Waals surface area contributed by atoms with Crippen LogP contribution >= 0.6 is 12.2 Å². The summed E-state index contributed by atoms with van der Waals surface area (Å²) in [6.07, 6.45) is 0. The van der Waals surface area contributed by atoms with Crippen LogP contribution in [0.3, 0.4) is 0 Å². The van der Waals surface area contributed by atoms with Gasteiger partial charge in [0, 0.05) is 16.8 Å². The Morgan fingerprint density at radius 2 is 1.53 bits per heavy atom. The molecule has 0 aromatic heterocycles. The average molecular weight is 251 g/mol. The number of amides is 1. The number of rotatable bonds is 2. The van der Waals surface area contributed by atoms with Gasteiger partial charge in [-0.25, -0.2) is 0 Å². The average Bonchev–Trinajstić information content (AvgIpc) is 2.18. The highest BCUT2D eigenvalue weighted by atomic mass is 32.1. The van der Waals surface area contributed by atoms with Gasteiger partial charge in [-0.3, -0.25) is 4.79 Å². The Hall–Kier alpha value is -1.62. The molecular weight excluding hydrogens is 234 g/mol. The summed E-state index contributed by atoms with van der Waals surface area (Å²) in [4.78, 5) is 11.7. The van der Waals surface area contributed by atoms with Gasteiger partial charge in [0.2, 0.25) is 5.91 Å². The number of nitrogens with two attached hydrogens (primary N) is 1. The molecule has 0 fully saturated rings. The number of anilines is 2. The van der Waals surface area contributed by atoms with Gasteiger partial charge in [-0.15, -0.1) is 0 Å². The molecular formula is C12H17N3OS. The van der Waals surface area contributed by atoms with E-state index in [-0.39, 0.29) is 11.0 Å². The van der Waals surface area contributed by atoms with Crippen LogP contribution < -0.4 is 16.4 Å². The van der Waals surface area contributed by atoms with Crippen molar-refractivity contribution in [2.24, 2.45) is 11.1 Å². The van der Waals surface area contributed by atoms with Crippen LogP contribution in [0.15, 0.2) is 24.3 Å². The first-order chi connectivity index (χ1) is 7.79. The van der Waals surface area contributed by atoms with Crippen molar-refractivity contribution < 1.29 is 4.79 Å². The minimum atomic E-state index is -0.407. The predicted molar refractivity (Wildman–Crippen MR) is 74.9 cm³/mol. The molecule has 0 radical (unpaired) electrons. The van der Waals surface area contributed by atoms with Crippen LogP contribution in [0.4, 0.5) is 11.4 Å². The third-order valence-corrected chi connectivity index (χ3v) is 2.19. The van der Waals surface area contributed by atoms with Crippen molar-refractivity contribution in [1.82, 2.24) is 0 Å². The molecule has 0 aliphatic heterocycles. The van der Waals surface area contributed by atoms with E-state index in [1.54, 1.807) is 24.3 Å². The Bertz CT molecular complexity index is 420. The first-order valence-electron chi connectivity index (χ1n) is 5.27. The standard InChI is InChI=1S/C12H17N3OS/c1-12(2,3)10(16)14-8-4-6-9(7-5-8)15-11(13)17/h4-7H,1-3H3,(H,14,16)(H3,13,15,17). The highest BCUT2D eigenvalue weighted by Crippen LogP contribution is 2.18. The smallest absolute Gasteiger partial charge is 0.229 e. The Labute approximate surface area is 107 Å². The molecule has 5 heteroatoms. The van der Waals surface area contributed by atoms with Crippen molar-refractivity contribution in [2.45, 2.75) is 20.8 Å². The van der Waals surface area contributed by atoms with Gasteiger partial charge in [-0.1, -0.05) is 20.8 Å². The van der Waals surface area contributed by atoms with Crippen molar-refractivity contribution in [3.05, 3.63) is 24.3 Å². The van der Waals surface area contributed by atoms with E-state index < -0.39 is 5.41 Å². The SMILES string of the molecule is CC(C)(C)C(=O)Nc1ccc(NC(N)=S)cc1. The first-order valence-corrected chi connectivity index (χ1v) is 5.68. The highest BCUT2D eigenvalue weighted by molar-refractivity contribution is 7.80. The summed E-state index contributed by atoms with van der Waals surface area (Å²) in [6.45, 7) is 5.60. The minimum Gasteiger partial charge on any atom is -0.376 e. The van der Waals surface area contributed by atoms with Gasteiger partial charge in [0.05, 0.1) is 0 Å². The fraction of sp³-hybridized carbons (Fsp3) is 0.333. The van der Waals surface area contributed by atoms with Crippen LogP contribution in [0.25, 0.3) is 0 Å². The van der Waals surface area contributed by atoms with E-state index in [1.807, 2.05) is 20.8 Å². The van der Waals surface area contributed by atoms with Crippen LogP contribution in [-0.4, -0.2) is 11.0 Å². The third kappa shape index (κ3) is 4.40. The lowest BCUT2D eigenvalue weighted by Gasteiger charge is -2.17. The molecule has 92 valence electrons. The molecule has 0 spiro atoms. The molecule has 1 amide bonds. The monoisotopic (exact) mass is 251 g/mol. The fourth-order valence-corrected chi connectivity index (χ4v) is 1.22. The quantitative estimate of drug-likeness (QED) is 0.706. The zero-order valence-electron chi connectivity index (χ0n) is 10.2. The molecule has 17 heavy (non-hydrogen) atoms. The zero-order chi connectivity index (χ0) is 13.1. The summed E-state index contributed by atoms with van der Waals surface area (Å²) < 4.78 is 0. The zero-order valence-corrected chi connectivity index (χ0v) is 11.0. The number of benzene rings is 1. The molecule has 0 saturated heterocycles. The van der Waals surface area contributed by atoms with E-state index in [0.717, 1.165) is 11.4 Å². The van der Waals surface area contributed by atoms with Gasteiger partial charge < -0.3 is 16.4 Å². The van der Waals surface area contributed by atoms with E-state index in [4.69, 9.17) is 18.0 Å². The molecule has 0 bridgehead atoms. The number of hydrogen-bond donors (Lipinski definition) is 3. The summed E-state index contributed by atoms with van der Waals surface area (Å²) >= 11 is 4.73. The Balaban J connectivity index is 2.69. The molecule has 4 nitrogen and oxygen atoms in total. The van der Waals surface area contributed by atoms with Gasteiger partial charge in [0.1, 0.15) is 0 Å². The predicted octanol–water partition coefficient (Wildman–Crippen LogP) is 2.33. The highest BCUT2D eigenvalue weighted by Gasteiger charge is 2.20. The van der Waals surface area contributed by atoms with Crippen LogP contribution in [0.5, 0.6) is 0 Å². The number of carbonyl (C=O) groups excluding carboxylic acids is 1. The molecule has 4 N–H and O–H groups in total. The maximum atomic E-state index is 11.7. The topological polar surface area (TPSA) is 67.2 Å². The molecule has 0 unspecified atom stereocenters. The van der Waals surface area contributed by atoms with Crippen LogP contribution in [0, 0.1) is 5.41 Å². The normalized spacial score (nSPS) is 10.8. The van der Waals surface area contributed by atoms with Crippen LogP contribution in [0.1, 0.15) is 20.8 Å². The summed E-state index contributed by atoms with van der Waals surface area (Å²) in [7, 11) is 0. The first kappa shape index (κ1) is 13.4. The van der Waals surface area contributed by atoms with Crippen molar-refractivity contribution in [3.63, 3.8) is 0 Å². The maximum absolute atomic E-state index is 11.7. The summed E-state index contributed by atoms with van der Waals surface area (Å²) in [6, 6.07) is 7.20. The Morgan fingerprint density at radius 3 is 1.88 bits per heavy atom. The molecule has 1 aromatic rings. The summed E-state index contributed by atoms with van der Waals surface area (Å²) in [5.74, 6) is -0.0208. The summed E-state index contributed by atoms with van der Waals surface area (Å²) in [5.41, 5.74) is 6.49. The van der Waals surface area contributed by atoms with E-state index in [2.05, 4.69) is 10.6 Å². The van der Waals surface area contributed by atoms with Crippen LogP contribution in [-0.2, 0) is 4.79 Å². The lowest BCUT2D eigenvalue weighted by Crippen LogP contribution is -2.27. The van der Waals surface area contributed by atoms with Crippen molar-refractivity contribution in [2.75, 3.05) is 10.6 Å². The lowest BCUT2D eigenvalue weighted by molar-refractivity contribution is -0.123. The number of carbonyl (C=O) groups is 1. The second-order valence-electron chi connectivity index (χ2n) is 4.77. The van der Waals surface area contributed by atoms with Gasteiger partial charge in [0.25, 0.3) is 0 Å². The molecule has 0 aliphatic rings. The molecule has 0 heterocycles. The van der Waals surface area contributed by atoms with E-state index in [1.165, 1.54) is 0 Å². The second kappa shape index (κ2) is 5.14. The lowest BCUT2D eigenvalue weighted by atomic mass is 9.95. The van der Waals surface area contributed by atoms with E-state index in [9.17, 15) is 4.79 Å². The molecule has 1 rings (SSSR count). The maximum Gasteiger partial charge on any atom is 0.229 e. The fourth-order valence-electron chi connectivity index (χ4n) is 1.10. The summed E-state index contributed by atoms with van der Waals surface area (Å²) in [5, 5.41) is 5.86. The van der Waals surface area contributed by atoms with E-state index >= 15 is 0 Å². The molecule has 0 atom stereocenters. The Kier molecular flexibility index (Phi) is 4.07. The third-order valence-electron chi connectivity index (χ3n) is 2.09. The van der Waals surface area contributed by atoms with Crippen molar-refractivity contribution in [3.8, 4) is 0 Å². The number of thiocarbonyl (C=S) groups is 1. The number of nitrogens with one attached hydrogen (secondary N) is 2. The van der Waals surface area contributed by atoms with Gasteiger partial charge in [0.15, 0.2) is 5.11 Å².